The number of amides is 1. The molecule has 23 heavy (non-hydrogen) atoms. The Morgan fingerprint density at radius 1 is 1.26 bits per heavy atom. The number of halogens is 1. The third-order valence-corrected chi connectivity index (χ3v) is 5.49. The number of nitrogens with zero attached hydrogens (tertiary/aromatic N) is 2. The lowest BCUT2D eigenvalue weighted by atomic mass is 10.1. The van der Waals surface area contributed by atoms with Crippen molar-refractivity contribution in [3.63, 3.8) is 0 Å². The van der Waals surface area contributed by atoms with Gasteiger partial charge in [0.25, 0.3) is 0 Å². The fraction of sp³-hybridized carbons (Fsp3) is 0.333. The smallest absolute Gasteiger partial charge is 0.238 e. The first-order valence-corrected chi connectivity index (χ1v) is 9.61. The molecule has 0 N–H and O–H groups in total. The van der Waals surface area contributed by atoms with Crippen LogP contribution in [-0.2, 0) is 17.6 Å². The number of aryl methyl sites for hydroxylation is 2. The molecule has 5 heteroatoms. The zero-order valence-electron chi connectivity index (χ0n) is 13.1. The molecular weight excluding hydrogens is 372 g/mol. The van der Waals surface area contributed by atoms with Gasteiger partial charge in [-0.2, -0.15) is 0 Å². The number of aromatic nitrogens is 1. The van der Waals surface area contributed by atoms with Crippen LogP contribution in [0.25, 0.3) is 0 Å². The predicted molar refractivity (Wildman–Crippen MR) is 99.2 cm³/mol. The van der Waals surface area contributed by atoms with E-state index in [1.165, 1.54) is 35.3 Å². The fourth-order valence-electron chi connectivity index (χ4n) is 2.85. The average Bonchev–Trinajstić information content (AvgIpc) is 3.03. The van der Waals surface area contributed by atoms with Gasteiger partial charge in [-0.3, -0.25) is 9.69 Å². The lowest BCUT2D eigenvalue weighted by Gasteiger charge is -2.19. The van der Waals surface area contributed by atoms with E-state index in [9.17, 15) is 4.79 Å². The molecule has 0 fully saturated rings. The summed E-state index contributed by atoms with van der Waals surface area (Å²) in [5.41, 5.74) is 2.92. The van der Waals surface area contributed by atoms with E-state index in [4.69, 9.17) is 0 Å². The fourth-order valence-corrected chi connectivity index (χ4v) is 3.93. The molecule has 0 saturated heterocycles. The topological polar surface area (TPSA) is 33.2 Å². The first-order valence-electron chi connectivity index (χ1n) is 7.84. The summed E-state index contributed by atoms with van der Waals surface area (Å²) in [6.07, 6.45) is 5.33. The molecule has 2 aromatic rings. The second-order valence-electron chi connectivity index (χ2n) is 5.55. The summed E-state index contributed by atoms with van der Waals surface area (Å²) < 4.78 is 0.914. The number of carbonyl (C=O) groups excluding carboxylic acids is 1. The molecule has 1 aromatic heterocycles. The van der Waals surface area contributed by atoms with Crippen LogP contribution in [0.5, 0.6) is 0 Å². The lowest BCUT2D eigenvalue weighted by Crippen LogP contribution is -2.32. The molecule has 0 unspecified atom stereocenters. The van der Waals surface area contributed by atoms with Gasteiger partial charge in [0.2, 0.25) is 5.91 Å². The maximum Gasteiger partial charge on any atom is 0.238 e. The molecule has 1 aliphatic rings. The van der Waals surface area contributed by atoms with Crippen molar-refractivity contribution in [2.75, 3.05) is 17.2 Å². The van der Waals surface area contributed by atoms with Gasteiger partial charge in [0.05, 0.1) is 5.75 Å². The van der Waals surface area contributed by atoms with Crippen molar-refractivity contribution in [2.45, 2.75) is 31.1 Å². The normalized spacial score (nSPS) is 13.0. The van der Waals surface area contributed by atoms with E-state index in [1.807, 2.05) is 19.1 Å². The van der Waals surface area contributed by atoms with Crippen LogP contribution in [0, 0.1) is 0 Å². The SMILES string of the molecule is CCN(C(=O)CSc1ccc2c(c1)CCC2)c1ccc(Br)cn1. The third kappa shape index (κ3) is 3.96. The first-order chi connectivity index (χ1) is 11.2. The van der Waals surface area contributed by atoms with Crippen LogP contribution < -0.4 is 4.90 Å². The Hall–Kier alpha value is -1.33. The van der Waals surface area contributed by atoms with E-state index in [0.29, 0.717) is 18.1 Å². The number of anilines is 1. The number of hydrogen-bond acceptors (Lipinski definition) is 3. The standard InChI is InChI=1S/C18H19BrN2OS/c1-2-21(17-9-7-15(19)11-20-17)18(22)12-23-16-8-6-13-4-3-5-14(13)10-16/h6-11H,2-5,12H2,1H3. The number of thioether (sulfide) groups is 1. The second-order valence-corrected chi connectivity index (χ2v) is 7.51. The van der Waals surface area contributed by atoms with Crippen molar-refractivity contribution < 1.29 is 4.79 Å². The number of rotatable bonds is 5. The zero-order valence-corrected chi connectivity index (χ0v) is 15.5. The molecule has 0 aliphatic heterocycles. The summed E-state index contributed by atoms with van der Waals surface area (Å²) in [5.74, 6) is 1.23. The Morgan fingerprint density at radius 2 is 2.09 bits per heavy atom. The highest BCUT2D eigenvalue weighted by Crippen LogP contribution is 2.28. The van der Waals surface area contributed by atoms with E-state index in [0.717, 1.165) is 4.47 Å². The predicted octanol–water partition coefficient (Wildman–Crippen LogP) is 4.48. The van der Waals surface area contributed by atoms with Gasteiger partial charge >= 0.3 is 0 Å². The minimum Gasteiger partial charge on any atom is -0.296 e. The number of benzene rings is 1. The van der Waals surface area contributed by atoms with Crippen LogP contribution in [0.4, 0.5) is 5.82 Å². The molecule has 0 atom stereocenters. The van der Waals surface area contributed by atoms with E-state index in [-0.39, 0.29) is 5.91 Å². The highest BCUT2D eigenvalue weighted by Gasteiger charge is 2.16. The summed E-state index contributed by atoms with van der Waals surface area (Å²) in [5, 5.41) is 0. The van der Waals surface area contributed by atoms with E-state index < -0.39 is 0 Å². The van der Waals surface area contributed by atoms with Gasteiger partial charge in [-0.25, -0.2) is 4.98 Å². The molecule has 3 rings (SSSR count). The molecule has 0 saturated carbocycles. The minimum atomic E-state index is 0.0906. The van der Waals surface area contributed by atoms with Gasteiger partial charge in [0.15, 0.2) is 0 Å². The van der Waals surface area contributed by atoms with E-state index in [1.54, 1.807) is 22.9 Å². The second kappa shape index (κ2) is 7.49. The first kappa shape index (κ1) is 16.5. The highest BCUT2D eigenvalue weighted by atomic mass is 79.9. The molecule has 3 nitrogen and oxygen atoms in total. The Labute approximate surface area is 149 Å². The molecule has 0 spiro atoms. The van der Waals surface area contributed by atoms with E-state index >= 15 is 0 Å². The Bertz CT molecular complexity index is 703. The van der Waals surface area contributed by atoms with Gasteiger partial charge in [-0.1, -0.05) is 6.07 Å². The molecule has 1 aromatic carbocycles. The maximum absolute atomic E-state index is 12.5. The summed E-state index contributed by atoms with van der Waals surface area (Å²) in [6, 6.07) is 10.4. The van der Waals surface area contributed by atoms with Crippen molar-refractivity contribution in [1.29, 1.82) is 0 Å². The average molecular weight is 391 g/mol. The zero-order chi connectivity index (χ0) is 16.2. The number of pyridine rings is 1. The van der Waals surface area contributed by atoms with Crippen LogP contribution in [0.2, 0.25) is 0 Å². The van der Waals surface area contributed by atoms with Crippen molar-refractivity contribution in [1.82, 2.24) is 4.98 Å². The molecule has 0 bridgehead atoms. The van der Waals surface area contributed by atoms with Crippen molar-refractivity contribution in [3.8, 4) is 0 Å². The van der Waals surface area contributed by atoms with Crippen LogP contribution in [-0.4, -0.2) is 23.2 Å². The van der Waals surface area contributed by atoms with Gasteiger partial charge < -0.3 is 0 Å². The highest BCUT2D eigenvalue weighted by molar-refractivity contribution is 9.10. The lowest BCUT2D eigenvalue weighted by molar-refractivity contribution is -0.116. The number of fused-ring (bicyclic) bond motifs is 1. The van der Waals surface area contributed by atoms with Crippen molar-refractivity contribution in [3.05, 3.63) is 52.1 Å². The molecule has 1 aliphatic carbocycles. The van der Waals surface area contributed by atoms with Gasteiger partial charge in [0, 0.05) is 22.1 Å². The number of carbonyl (C=O) groups is 1. The van der Waals surface area contributed by atoms with Crippen LogP contribution in [0.1, 0.15) is 24.5 Å². The van der Waals surface area contributed by atoms with Gasteiger partial charge in [0.1, 0.15) is 5.82 Å². The Morgan fingerprint density at radius 3 is 2.83 bits per heavy atom. The number of hydrogen-bond donors (Lipinski definition) is 0. The molecule has 1 amide bonds. The van der Waals surface area contributed by atoms with Crippen LogP contribution >= 0.6 is 27.7 Å². The summed E-state index contributed by atoms with van der Waals surface area (Å²) >= 11 is 4.98. The monoisotopic (exact) mass is 390 g/mol. The van der Waals surface area contributed by atoms with E-state index in [2.05, 4.69) is 39.1 Å². The third-order valence-electron chi connectivity index (χ3n) is 4.04. The van der Waals surface area contributed by atoms with Gasteiger partial charge in [-0.05, 0) is 77.5 Å². The Balaban J connectivity index is 1.64. The quantitative estimate of drug-likeness (QED) is 0.705. The van der Waals surface area contributed by atoms with Crippen LogP contribution in [0.15, 0.2) is 45.9 Å². The van der Waals surface area contributed by atoms with Gasteiger partial charge in [-0.15, -0.1) is 11.8 Å². The molecule has 0 radical (unpaired) electrons. The van der Waals surface area contributed by atoms with Crippen molar-refractivity contribution in [2.24, 2.45) is 0 Å². The molecule has 120 valence electrons. The molecule has 1 heterocycles. The maximum atomic E-state index is 12.5. The molecular formula is C18H19BrN2OS. The largest absolute Gasteiger partial charge is 0.296 e. The Kier molecular flexibility index (Phi) is 5.38. The van der Waals surface area contributed by atoms with Crippen LogP contribution in [0.3, 0.4) is 0 Å². The summed E-state index contributed by atoms with van der Waals surface area (Å²) in [6.45, 7) is 2.60. The summed E-state index contributed by atoms with van der Waals surface area (Å²) in [7, 11) is 0. The minimum absolute atomic E-state index is 0.0906. The summed E-state index contributed by atoms with van der Waals surface area (Å²) in [4.78, 5) is 19.8. The van der Waals surface area contributed by atoms with Crippen molar-refractivity contribution >= 4 is 39.4 Å².